The Morgan fingerprint density at radius 2 is 1.82 bits per heavy atom. The van der Waals surface area contributed by atoms with Gasteiger partial charge in [-0.2, -0.15) is 0 Å². The fraction of sp³-hybridized carbons (Fsp3) is 0.125. The van der Waals surface area contributed by atoms with Gasteiger partial charge in [-0.15, -0.1) is 5.10 Å². The van der Waals surface area contributed by atoms with Crippen molar-refractivity contribution >= 4 is 29.3 Å². The van der Waals surface area contributed by atoms with E-state index in [4.69, 9.17) is 25.0 Å². The molecule has 0 unspecified atom stereocenters. The van der Waals surface area contributed by atoms with Crippen LogP contribution < -0.4 is 25.8 Å². The van der Waals surface area contributed by atoms with Crippen LogP contribution in [0.25, 0.3) is 11.5 Å². The molecule has 0 radical (unpaired) electrons. The van der Waals surface area contributed by atoms with Crippen molar-refractivity contribution in [3.05, 3.63) is 71.8 Å². The first-order valence-electron chi connectivity index (χ1n) is 10.4. The van der Waals surface area contributed by atoms with Crippen LogP contribution in [0.4, 0.5) is 23.1 Å². The third-order valence-corrected chi connectivity index (χ3v) is 5.17. The van der Waals surface area contributed by atoms with Crippen molar-refractivity contribution in [1.29, 1.82) is 5.41 Å². The summed E-state index contributed by atoms with van der Waals surface area (Å²) in [5.74, 6) is 1.77. The molecule has 5 rings (SSSR count). The third kappa shape index (κ3) is 4.42. The molecule has 0 spiro atoms. The number of nitrogen functional groups attached to an aromatic ring is 1. The summed E-state index contributed by atoms with van der Waals surface area (Å²) < 4.78 is 17.0. The second kappa shape index (κ2) is 8.91. The lowest BCUT2D eigenvalue weighted by Gasteiger charge is -2.18. The minimum Gasteiger partial charge on any atom is -0.486 e. The molecule has 4 aromatic rings. The molecule has 9 heteroatoms. The van der Waals surface area contributed by atoms with Crippen LogP contribution in [0.5, 0.6) is 11.5 Å². The molecule has 3 aromatic carbocycles. The molecule has 1 aliphatic heterocycles. The maximum atomic E-state index is 7.48. The minimum atomic E-state index is 0.269. The maximum absolute atomic E-state index is 7.48. The lowest BCUT2D eigenvalue weighted by molar-refractivity contribution is 0.171. The van der Waals surface area contributed by atoms with E-state index in [1.165, 1.54) is 6.21 Å². The van der Waals surface area contributed by atoms with Gasteiger partial charge in [0, 0.05) is 41.5 Å². The second-order valence-corrected chi connectivity index (χ2v) is 7.40. The Labute approximate surface area is 190 Å². The predicted molar refractivity (Wildman–Crippen MR) is 127 cm³/mol. The maximum Gasteiger partial charge on any atom is 0.320 e. The number of para-hydroxylation sites is 1. The zero-order chi connectivity index (χ0) is 22.6. The number of rotatable bonds is 7. The van der Waals surface area contributed by atoms with Crippen LogP contribution in [0.3, 0.4) is 0 Å². The Hall–Kier alpha value is -4.53. The number of fused-ring (bicyclic) bond motifs is 1. The molecule has 0 fully saturated rings. The van der Waals surface area contributed by atoms with Gasteiger partial charge in [-0.3, -0.25) is 0 Å². The van der Waals surface area contributed by atoms with Crippen LogP contribution >= 0.6 is 0 Å². The summed E-state index contributed by atoms with van der Waals surface area (Å²) in [6.45, 7) is 1.61. The first-order valence-corrected chi connectivity index (χ1v) is 10.4. The Kier molecular flexibility index (Phi) is 5.50. The van der Waals surface area contributed by atoms with Crippen LogP contribution in [0, 0.1) is 5.41 Å². The number of aromatic nitrogens is 2. The van der Waals surface area contributed by atoms with Gasteiger partial charge in [0.05, 0.1) is 5.56 Å². The zero-order valence-corrected chi connectivity index (χ0v) is 17.7. The fourth-order valence-corrected chi connectivity index (χ4v) is 3.51. The molecule has 1 aromatic heterocycles. The quantitative estimate of drug-likeness (QED) is 0.244. The summed E-state index contributed by atoms with van der Waals surface area (Å²) in [5, 5.41) is 22.3. The highest BCUT2D eigenvalue weighted by Crippen LogP contribution is 2.34. The van der Waals surface area contributed by atoms with Gasteiger partial charge in [-0.25, -0.2) is 0 Å². The van der Waals surface area contributed by atoms with Crippen LogP contribution in [0.15, 0.2) is 65.1 Å². The minimum absolute atomic E-state index is 0.269. The monoisotopic (exact) mass is 442 g/mol. The van der Waals surface area contributed by atoms with Crippen molar-refractivity contribution in [2.45, 2.75) is 6.54 Å². The van der Waals surface area contributed by atoms with E-state index >= 15 is 0 Å². The van der Waals surface area contributed by atoms with E-state index in [-0.39, 0.29) is 6.01 Å². The first-order chi connectivity index (χ1) is 16.2. The smallest absolute Gasteiger partial charge is 0.320 e. The van der Waals surface area contributed by atoms with Crippen LogP contribution in [0.2, 0.25) is 0 Å². The number of nitrogens with zero attached hydrogens (tertiary/aromatic N) is 2. The SMILES string of the molecule is N=Cc1cc(CNc2ccccc2-c2nnc(Nc3ccc4c(c3)OCCO4)o2)ccc1N. The van der Waals surface area contributed by atoms with Crippen molar-refractivity contribution in [1.82, 2.24) is 10.2 Å². The summed E-state index contributed by atoms with van der Waals surface area (Å²) in [4.78, 5) is 0. The second-order valence-electron chi connectivity index (χ2n) is 7.40. The lowest BCUT2D eigenvalue weighted by atomic mass is 10.1. The van der Waals surface area contributed by atoms with E-state index in [0.717, 1.165) is 22.5 Å². The van der Waals surface area contributed by atoms with Crippen molar-refractivity contribution in [2.75, 3.05) is 29.6 Å². The molecular weight excluding hydrogens is 420 g/mol. The molecule has 5 N–H and O–H groups in total. The van der Waals surface area contributed by atoms with Gasteiger partial charge in [0.25, 0.3) is 5.89 Å². The Morgan fingerprint density at radius 1 is 0.970 bits per heavy atom. The number of benzene rings is 3. The average molecular weight is 442 g/mol. The number of hydrogen-bond donors (Lipinski definition) is 4. The molecule has 166 valence electrons. The lowest BCUT2D eigenvalue weighted by Crippen LogP contribution is -2.15. The van der Waals surface area contributed by atoms with Crippen molar-refractivity contribution < 1.29 is 13.9 Å². The Bertz CT molecular complexity index is 1300. The molecule has 33 heavy (non-hydrogen) atoms. The van der Waals surface area contributed by atoms with Gasteiger partial charge in [-0.1, -0.05) is 23.3 Å². The van der Waals surface area contributed by atoms with Gasteiger partial charge in [0.2, 0.25) is 0 Å². The highest BCUT2D eigenvalue weighted by molar-refractivity contribution is 5.85. The van der Waals surface area contributed by atoms with E-state index < -0.39 is 0 Å². The summed E-state index contributed by atoms with van der Waals surface area (Å²) >= 11 is 0. The van der Waals surface area contributed by atoms with Gasteiger partial charge in [-0.05, 0) is 42.0 Å². The molecule has 0 atom stereocenters. The molecule has 2 heterocycles. The van der Waals surface area contributed by atoms with E-state index in [1.54, 1.807) is 6.07 Å². The molecular formula is C24H22N6O3. The topological polar surface area (TPSA) is 131 Å². The van der Waals surface area contributed by atoms with Crippen LogP contribution in [0.1, 0.15) is 11.1 Å². The molecule has 0 saturated carbocycles. The fourth-order valence-electron chi connectivity index (χ4n) is 3.51. The number of nitrogens with one attached hydrogen (secondary N) is 3. The molecule has 0 amide bonds. The normalized spacial score (nSPS) is 12.2. The summed E-state index contributed by atoms with van der Waals surface area (Å²) in [6.07, 6.45) is 1.25. The standard InChI is InChI=1S/C24H22N6O3/c25-13-16-11-15(5-7-19(16)26)14-27-20-4-2-1-3-18(20)23-29-30-24(33-23)28-17-6-8-21-22(12-17)32-10-9-31-21/h1-8,11-13,25,27H,9-10,14,26H2,(H,28,30). The van der Waals surface area contributed by atoms with Crippen molar-refractivity contribution in [3.63, 3.8) is 0 Å². The van der Waals surface area contributed by atoms with Gasteiger partial charge in [0.15, 0.2) is 11.5 Å². The van der Waals surface area contributed by atoms with Crippen LogP contribution in [-0.4, -0.2) is 29.6 Å². The largest absolute Gasteiger partial charge is 0.486 e. The zero-order valence-electron chi connectivity index (χ0n) is 17.7. The number of hydrogen-bond acceptors (Lipinski definition) is 9. The van der Waals surface area contributed by atoms with Crippen LogP contribution in [-0.2, 0) is 6.54 Å². The Balaban J connectivity index is 1.32. The summed E-state index contributed by atoms with van der Waals surface area (Å²) in [7, 11) is 0. The highest BCUT2D eigenvalue weighted by Gasteiger charge is 2.15. The first kappa shape index (κ1) is 20.4. The van der Waals surface area contributed by atoms with Crippen molar-refractivity contribution in [2.24, 2.45) is 0 Å². The molecule has 0 bridgehead atoms. The molecule has 9 nitrogen and oxygen atoms in total. The summed E-state index contributed by atoms with van der Waals surface area (Å²) in [6, 6.07) is 19.1. The third-order valence-electron chi connectivity index (χ3n) is 5.17. The van der Waals surface area contributed by atoms with Gasteiger partial charge < -0.3 is 35.7 Å². The van der Waals surface area contributed by atoms with E-state index in [1.807, 2.05) is 54.6 Å². The molecule has 1 aliphatic rings. The van der Waals surface area contributed by atoms with Gasteiger partial charge >= 0.3 is 6.01 Å². The average Bonchev–Trinajstić information content (AvgIpc) is 3.32. The van der Waals surface area contributed by atoms with Gasteiger partial charge in [0.1, 0.15) is 13.2 Å². The number of nitrogens with two attached hydrogens (primary N) is 1. The predicted octanol–water partition coefficient (Wildman–Crippen LogP) is 4.44. The summed E-state index contributed by atoms with van der Waals surface area (Å²) in [5.41, 5.74) is 10.5. The van der Waals surface area contributed by atoms with E-state index in [0.29, 0.717) is 48.4 Å². The molecule has 0 aliphatic carbocycles. The van der Waals surface area contributed by atoms with E-state index in [2.05, 4.69) is 20.8 Å². The van der Waals surface area contributed by atoms with E-state index in [9.17, 15) is 0 Å². The molecule has 0 saturated heterocycles. The van der Waals surface area contributed by atoms with Crippen molar-refractivity contribution in [3.8, 4) is 23.0 Å². The highest BCUT2D eigenvalue weighted by atomic mass is 16.6. The number of anilines is 4. The Morgan fingerprint density at radius 3 is 2.70 bits per heavy atom. The number of ether oxygens (including phenoxy) is 2.